The lowest BCUT2D eigenvalue weighted by Gasteiger charge is -2.33. The molecule has 0 saturated carbocycles. The van der Waals surface area contributed by atoms with Crippen LogP contribution in [0.5, 0.6) is 11.5 Å². The number of nitrogens with zero attached hydrogens (tertiary/aromatic N) is 3. The van der Waals surface area contributed by atoms with Crippen molar-refractivity contribution in [1.82, 2.24) is 14.9 Å². The lowest BCUT2D eigenvalue weighted by atomic mass is 10.1. The van der Waals surface area contributed by atoms with Crippen molar-refractivity contribution in [2.75, 3.05) is 25.5 Å². The number of aliphatic hydroxyl groups excluding tert-OH is 1. The zero-order valence-corrected chi connectivity index (χ0v) is 19.0. The number of carbonyl (C=O) groups is 1. The van der Waals surface area contributed by atoms with Crippen molar-refractivity contribution in [2.45, 2.75) is 32.0 Å². The lowest BCUT2D eigenvalue weighted by molar-refractivity contribution is -0.141. The number of aliphatic hydroxyl groups is 1. The van der Waals surface area contributed by atoms with Gasteiger partial charge in [0.25, 0.3) is 5.91 Å². The highest BCUT2D eigenvalue weighted by molar-refractivity contribution is 6.31. The smallest absolute Gasteiger partial charge is 0.251 e. The number of anilines is 2. The average Bonchev–Trinajstić information content (AvgIpc) is 2.81. The number of carbonyl (C=O) groups excluding carboxylic acids is 1. The Morgan fingerprint density at radius 2 is 2.00 bits per heavy atom. The first kappa shape index (κ1) is 23.0. The first-order valence-electron chi connectivity index (χ1n) is 10.5. The molecule has 10 heteroatoms. The van der Waals surface area contributed by atoms with Crippen molar-refractivity contribution in [3.8, 4) is 11.5 Å². The first-order chi connectivity index (χ1) is 15.9. The summed E-state index contributed by atoms with van der Waals surface area (Å²) in [6.07, 6.45) is 1.55. The fourth-order valence-corrected chi connectivity index (χ4v) is 3.94. The molecule has 1 unspecified atom stereocenters. The molecule has 1 fully saturated rings. The summed E-state index contributed by atoms with van der Waals surface area (Å²) in [6.45, 7) is 2.48. The molecule has 0 bridgehead atoms. The number of likely N-dealkylation sites (tertiary alicyclic amines) is 1. The molecule has 2 heterocycles. The number of piperidine rings is 1. The molecule has 1 atom stereocenters. The quantitative estimate of drug-likeness (QED) is 0.558. The summed E-state index contributed by atoms with van der Waals surface area (Å²) in [4.78, 5) is 22.3. The number of aromatic nitrogens is 2. The summed E-state index contributed by atoms with van der Waals surface area (Å²) in [6, 6.07) is 7.89. The van der Waals surface area contributed by atoms with Crippen LogP contribution in [0, 0.1) is 5.82 Å². The van der Waals surface area contributed by atoms with E-state index in [0.29, 0.717) is 59.8 Å². The van der Waals surface area contributed by atoms with Gasteiger partial charge in [-0.05, 0) is 31.2 Å². The predicted octanol–water partition coefficient (Wildman–Crippen LogP) is 3.93. The van der Waals surface area contributed by atoms with Gasteiger partial charge in [-0.1, -0.05) is 11.6 Å². The van der Waals surface area contributed by atoms with Gasteiger partial charge in [-0.3, -0.25) is 4.79 Å². The van der Waals surface area contributed by atoms with Gasteiger partial charge in [-0.2, -0.15) is 0 Å². The zero-order chi connectivity index (χ0) is 23.5. The van der Waals surface area contributed by atoms with Crippen molar-refractivity contribution in [1.29, 1.82) is 0 Å². The van der Waals surface area contributed by atoms with Gasteiger partial charge in [-0.15, -0.1) is 0 Å². The van der Waals surface area contributed by atoms with Crippen LogP contribution in [0.4, 0.5) is 15.9 Å². The van der Waals surface area contributed by atoms with Gasteiger partial charge in [0, 0.05) is 43.1 Å². The van der Waals surface area contributed by atoms with Crippen LogP contribution in [0.1, 0.15) is 19.8 Å². The van der Waals surface area contributed by atoms with Gasteiger partial charge in [0.2, 0.25) is 0 Å². The van der Waals surface area contributed by atoms with Crippen molar-refractivity contribution in [2.24, 2.45) is 0 Å². The van der Waals surface area contributed by atoms with Gasteiger partial charge in [0.15, 0.2) is 11.5 Å². The molecule has 174 valence electrons. The Hall–Kier alpha value is -3.17. The number of rotatable bonds is 6. The van der Waals surface area contributed by atoms with E-state index in [2.05, 4.69) is 15.3 Å². The summed E-state index contributed by atoms with van der Waals surface area (Å²) < 4.78 is 25.3. The van der Waals surface area contributed by atoms with E-state index >= 15 is 0 Å². The number of nitrogens with one attached hydrogen (secondary N) is 1. The zero-order valence-electron chi connectivity index (χ0n) is 18.2. The van der Waals surface area contributed by atoms with Gasteiger partial charge < -0.3 is 24.8 Å². The highest BCUT2D eigenvalue weighted by Gasteiger charge is 2.27. The number of methoxy groups -OCH3 is 1. The normalized spacial score (nSPS) is 15.4. The van der Waals surface area contributed by atoms with Gasteiger partial charge >= 0.3 is 0 Å². The monoisotopic (exact) mass is 474 g/mol. The second-order valence-corrected chi connectivity index (χ2v) is 8.22. The van der Waals surface area contributed by atoms with E-state index in [1.165, 1.54) is 25.4 Å². The molecule has 8 nitrogen and oxygen atoms in total. The number of fused-ring (bicyclic) bond motifs is 1. The van der Waals surface area contributed by atoms with E-state index in [4.69, 9.17) is 21.1 Å². The van der Waals surface area contributed by atoms with Crippen LogP contribution < -0.4 is 14.8 Å². The standard InChI is InChI=1S/C23H24ClFN4O4/c1-13(30)23(31)29-7-5-15(6-8-29)33-21-10-16-19(11-20(21)32-2)26-12-27-22(16)28-14-3-4-18(25)17(24)9-14/h3-4,9-13,15,30H,5-8H2,1-2H3,(H,26,27,28). The lowest BCUT2D eigenvalue weighted by Crippen LogP contribution is -2.45. The Bertz CT molecular complexity index is 1170. The van der Waals surface area contributed by atoms with Crippen molar-refractivity contribution in [3.63, 3.8) is 0 Å². The number of halogens is 2. The van der Waals surface area contributed by atoms with E-state index in [1.54, 1.807) is 30.2 Å². The van der Waals surface area contributed by atoms with Gasteiger partial charge in [-0.25, -0.2) is 14.4 Å². The summed E-state index contributed by atoms with van der Waals surface area (Å²) in [5, 5.41) is 13.4. The minimum atomic E-state index is -1.01. The average molecular weight is 475 g/mol. The number of benzene rings is 2. The fourth-order valence-electron chi connectivity index (χ4n) is 3.76. The highest BCUT2D eigenvalue weighted by Crippen LogP contribution is 2.36. The van der Waals surface area contributed by atoms with E-state index < -0.39 is 11.9 Å². The van der Waals surface area contributed by atoms with Crippen molar-refractivity contribution in [3.05, 3.63) is 47.5 Å². The van der Waals surface area contributed by atoms with Crippen LogP contribution in [-0.2, 0) is 4.79 Å². The Morgan fingerprint density at radius 3 is 2.67 bits per heavy atom. The summed E-state index contributed by atoms with van der Waals surface area (Å²) in [5.41, 5.74) is 1.22. The molecule has 3 aromatic rings. The molecule has 0 aliphatic carbocycles. The van der Waals surface area contributed by atoms with Gasteiger partial charge in [0.1, 0.15) is 30.2 Å². The third-order valence-electron chi connectivity index (χ3n) is 5.51. The number of amides is 1. The SMILES string of the molecule is COc1cc2ncnc(Nc3ccc(F)c(Cl)c3)c2cc1OC1CCN(C(=O)C(C)O)CC1. The number of hydrogen-bond acceptors (Lipinski definition) is 7. The maximum Gasteiger partial charge on any atom is 0.251 e. The van der Waals surface area contributed by atoms with E-state index in [1.807, 2.05) is 0 Å². The molecule has 1 amide bonds. The molecule has 1 aliphatic rings. The fraction of sp³-hybridized carbons (Fsp3) is 0.348. The second kappa shape index (κ2) is 9.76. The van der Waals surface area contributed by atoms with Crippen LogP contribution in [0.3, 0.4) is 0 Å². The van der Waals surface area contributed by atoms with Crippen LogP contribution in [-0.4, -0.2) is 58.3 Å². The second-order valence-electron chi connectivity index (χ2n) is 7.81. The summed E-state index contributed by atoms with van der Waals surface area (Å²) in [7, 11) is 1.55. The molecular formula is C23H24ClFN4O4. The Labute approximate surface area is 195 Å². The first-order valence-corrected chi connectivity index (χ1v) is 10.9. The van der Waals surface area contributed by atoms with Crippen LogP contribution in [0.25, 0.3) is 10.9 Å². The molecule has 2 N–H and O–H groups in total. The Kier molecular flexibility index (Phi) is 6.80. The third kappa shape index (κ3) is 5.09. The minimum Gasteiger partial charge on any atom is -0.493 e. The Morgan fingerprint density at radius 1 is 1.24 bits per heavy atom. The van der Waals surface area contributed by atoms with E-state index in [-0.39, 0.29) is 17.0 Å². The molecule has 1 aliphatic heterocycles. The van der Waals surface area contributed by atoms with Crippen molar-refractivity contribution >= 4 is 39.9 Å². The largest absolute Gasteiger partial charge is 0.493 e. The summed E-state index contributed by atoms with van der Waals surface area (Å²) >= 11 is 5.90. The van der Waals surface area contributed by atoms with E-state index in [9.17, 15) is 14.3 Å². The minimum absolute atomic E-state index is 0.00414. The predicted molar refractivity (Wildman–Crippen MR) is 123 cm³/mol. The maximum absolute atomic E-state index is 13.5. The molecule has 2 aromatic carbocycles. The van der Waals surface area contributed by atoms with Crippen molar-refractivity contribution < 1.29 is 23.8 Å². The maximum atomic E-state index is 13.5. The molecule has 33 heavy (non-hydrogen) atoms. The molecule has 0 radical (unpaired) electrons. The third-order valence-corrected chi connectivity index (χ3v) is 5.80. The summed E-state index contributed by atoms with van der Waals surface area (Å²) in [5.74, 6) is 0.786. The topological polar surface area (TPSA) is 96.8 Å². The molecule has 0 spiro atoms. The number of hydrogen-bond donors (Lipinski definition) is 2. The molecule has 1 saturated heterocycles. The van der Waals surface area contributed by atoms with Crippen LogP contribution in [0.15, 0.2) is 36.7 Å². The molecular weight excluding hydrogens is 451 g/mol. The van der Waals surface area contributed by atoms with Gasteiger partial charge in [0.05, 0.1) is 17.6 Å². The molecule has 1 aromatic heterocycles. The highest BCUT2D eigenvalue weighted by atomic mass is 35.5. The Balaban J connectivity index is 1.57. The van der Waals surface area contributed by atoms with Crippen LogP contribution in [0.2, 0.25) is 5.02 Å². The van der Waals surface area contributed by atoms with Crippen LogP contribution >= 0.6 is 11.6 Å². The molecule has 4 rings (SSSR count). The van der Waals surface area contributed by atoms with E-state index in [0.717, 1.165) is 0 Å². The number of ether oxygens (including phenoxy) is 2.